The minimum atomic E-state index is -4.38. The van der Waals surface area contributed by atoms with Gasteiger partial charge in [-0.2, -0.15) is 13.2 Å². The zero-order valence-electron chi connectivity index (χ0n) is 10.0. The van der Waals surface area contributed by atoms with E-state index in [-0.39, 0.29) is 11.6 Å². The van der Waals surface area contributed by atoms with Crippen molar-refractivity contribution in [1.29, 1.82) is 0 Å². The quantitative estimate of drug-likeness (QED) is 0.895. The van der Waals surface area contributed by atoms with Crippen LogP contribution in [-0.2, 0) is 6.18 Å². The van der Waals surface area contributed by atoms with Gasteiger partial charge in [-0.3, -0.25) is 0 Å². The molecule has 1 N–H and O–H groups in total. The van der Waals surface area contributed by atoms with E-state index in [4.69, 9.17) is 0 Å². The number of β-amino-alcohol motifs (C(OH)–C–C–N with tert-alkyl or cyclic N) is 1. The predicted octanol–water partition coefficient (Wildman–Crippen LogP) is 3.43. The van der Waals surface area contributed by atoms with Gasteiger partial charge in [0.2, 0.25) is 0 Å². The monoisotopic (exact) mass is 335 g/mol. The highest BCUT2D eigenvalue weighted by Gasteiger charge is 2.53. The molecule has 1 saturated heterocycles. The average Bonchev–Trinajstić information content (AvgIpc) is 3.07. The number of rotatable bonds is 2. The van der Waals surface area contributed by atoms with Crippen molar-refractivity contribution in [2.45, 2.75) is 24.6 Å². The van der Waals surface area contributed by atoms with Gasteiger partial charge in [-0.25, -0.2) is 0 Å². The molecule has 0 radical (unpaired) electrons. The van der Waals surface area contributed by atoms with Crippen molar-refractivity contribution in [3.8, 4) is 0 Å². The van der Waals surface area contributed by atoms with E-state index >= 15 is 0 Å². The lowest BCUT2D eigenvalue weighted by molar-refractivity contribution is -0.137. The molecular weight excluding hydrogens is 323 g/mol. The van der Waals surface area contributed by atoms with Crippen LogP contribution in [0.5, 0.6) is 0 Å². The Bertz CT molecular complexity index is 507. The van der Waals surface area contributed by atoms with Gasteiger partial charge in [-0.15, -0.1) is 0 Å². The summed E-state index contributed by atoms with van der Waals surface area (Å²) in [5.41, 5.74) is -1.28. The third kappa shape index (κ3) is 2.36. The molecule has 1 aliphatic carbocycles. The van der Waals surface area contributed by atoms with Crippen LogP contribution in [0, 0.1) is 5.92 Å². The fourth-order valence-corrected chi connectivity index (χ4v) is 3.04. The molecule has 0 atom stereocenters. The first-order valence-electron chi connectivity index (χ1n) is 6.14. The molecule has 0 bridgehead atoms. The number of alkyl halides is 3. The molecule has 2 fully saturated rings. The highest BCUT2D eigenvalue weighted by atomic mass is 79.9. The molecule has 6 heteroatoms. The molecule has 1 aliphatic heterocycles. The molecule has 104 valence electrons. The fraction of sp³-hybridized carbons (Fsp3) is 0.538. The SMILES string of the molecule is OC1(C2CC2)CN(c2ccc(Br)cc2C(F)(F)F)C1. The van der Waals surface area contributed by atoms with Gasteiger partial charge in [0.1, 0.15) is 5.60 Å². The molecule has 19 heavy (non-hydrogen) atoms. The molecule has 2 nitrogen and oxygen atoms in total. The zero-order chi connectivity index (χ0) is 13.8. The summed E-state index contributed by atoms with van der Waals surface area (Å²) in [6.07, 6.45) is -2.42. The standard InChI is InChI=1S/C13H13BrF3NO/c14-9-3-4-11(10(5-9)13(15,16)17)18-6-12(19,7-18)8-1-2-8/h3-5,8,19H,1-2,6-7H2. The molecule has 0 unspecified atom stereocenters. The minimum absolute atomic E-state index is 0.154. The van der Waals surface area contributed by atoms with E-state index in [9.17, 15) is 18.3 Å². The molecule has 1 saturated carbocycles. The van der Waals surface area contributed by atoms with Crippen molar-refractivity contribution in [2.24, 2.45) is 5.92 Å². The lowest BCUT2D eigenvalue weighted by Crippen LogP contribution is -2.63. The number of aliphatic hydroxyl groups is 1. The molecule has 0 aromatic heterocycles. The van der Waals surface area contributed by atoms with Crippen LogP contribution < -0.4 is 4.90 Å². The maximum Gasteiger partial charge on any atom is 0.418 e. The second-order valence-corrected chi connectivity index (χ2v) is 6.31. The Morgan fingerprint density at radius 3 is 2.42 bits per heavy atom. The van der Waals surface area contributed by atoms with Gasteiger partial charge >= 0.3 is 6.18 Å². The Kier molecular flexibility index (Phi) is 2.87. The summed E-state index contributed by atoms with van der Waals surface area (Å²) in [5, 5.41) is 10.2. The molecular formula is C13H13BrF3NO. The third-order valence-corrected chi connectivity index (χ3v) is 4.36. The van der Waals surface area contributed by atoms with E-state index < -0.39 is 17.3 Å². The Hall–Kier alpha value is -0.750. The molecule has 1 aromatic rings. The predicted molar refractivity (Wildman–Crippen MR) is 69.0 cm³/mol. The van der Waals surface area contributed by atoms with Gasteiger partial charge in [0, 0.05) is 23.2 Å². The number of hydrogen-bond donors (Lipinski definition) is 1. The van der Waals surface area contributed by atoms with E-state index in [1.54, 1.807) is 11.0 Å². The Morgan fingerprint density at radius 2 is 1.89 bits per heavy atom. The second kappa shape index (κ2) is 4.12. The van der Waals surface area contributed by atoms with Gasteiger partial charge in [0.25, 0.3) is 0 Å². The molecule has 0 amide bonds. The Labute approximate surface area is 117 Å². The zero-order valence-corrected chi connectivity index (χ0v) is 11.6. The van der Waals surface area contributed by atoms with Crippen molar-refractivity contribution in [3.05, 3.63) is 28.2 Å². The maximum atomic E-state index is 13.0. The average molecular weight is 336 g/mol. The first-order chi connectivity index (χ1) is 8.79. The van der Waals surface area contributed by atoms with Gasteiger partial charge in [0.05, 0.1) is 5.56 Å². The smallest absolute Gasteiger partial charge is 0.386 e. The lowest BCUT2D eigenvalue weighted by Gasteiger charge is -2.49. The number of halogens is 4. The maximum absolute atomic E-state index is 13.0. The molecule has 0 spiro atoms. The summed E-state index contributed by atoms with van der Waals surface area (Å²) in [6, 6.07) is 4.14. The van der Waals surface area contributed by atoms with Crippen LogP contribution in [0.2, 0.25) is 0 Å². The highest BCUT2D eigenvalue weighted by Crippen LogP contribution is 2.48. The Morgan fingerprint density at radius 1 is 1.26 bits per heavy atom. The summed E-state index contributed by atoms with van der Waals surface area (Å²) in [4.78, 5) is 1.60. The number of benzene rings is 1. The van der Waals surface area contributed by atoms with Gasteiger partial charge < -0.3 is 10.0 Å². The first-order valence-corrected chi connectivity index (χ1v) is 6.93. The summed E-state index contributed by atoms with van der Waals surface area (Å²) in [7, 11) is 0. The molecule has 1 heterocycles. The van der Waals surface area contributed by atoms with E-state index in [1.165, 1.54) is 6.07 Å². The van der Waals surface area contributed by atoms with Crippen LogP contribution >= 0.6 is 15.9 Å². The first kappa shape index (κ1) is 13.2. The van der Waals surface area contributed by atoms with E-state index in [0.717, 1.165) is 18.9 Å². The van der Waals surface area contributed by atoms with Crippen molar-refractivity contribution in [2.75, 3.05) is 18.0 Å². The van der Waals surface area contributed by atoms with E-state index in [1.807, 2.05) is 0 Å². The van der Waals surface area contributed by atoms with Crippen LogP contribution in [0.15, 0.2) is 22.7 Å². The van der Waals surface area contributed by atoms with Crippen molar-refractivity contribution < 1.29 is 18.3 Å². The summed E-state index contributed by atoms with van der Waals surface area (Å²) < 4.78 is 39.4. The normalized spacial score (nSPS) is 22.3. The van der Waals surface area contributed by atoms with E-state index in [0.29, 0.717) is 17.6 Å². The van der Waals surface area contributed by atoms with E-state index in [2.05, 4.69) is 15.9 Å². The van der Waals surface area contributed by atoms with Crippen LogP contribution in [0.4, 0.5) is 18.9 Å². The van der Waals surface area contributed by atoms with Crippen LogP contribution in [0.3, 0.4) is 0 Å². The topological polar surface area (TPSA) is 23.5 Å². The number of nitrogens with zero attached hydrogens (tertiary/aromatic N) is 1. The Balaban J connectivity index is 1.86. The largest absolute Gasteiger partial charge is 0.418 e. The second-order valence-electron chi connectivity index (χ2n) is 5.39. The van der Waals surface area contributed by atoms with Crippen LogP contribution in [0.25, 0.3) is 0 Å². The third-order valence-electron chi connectivity index (χ3n) is 3.87. The van der Waals surface area contributed by atoms with Crippen molar-refractivity contribution >= 4 is 21.6 Å². The molecule has 2 aliphatic rings. The lowest BCUT2D eigenvalue weighted by atomic mass is 9.87. The molecule has 3 rings (SSSR count). The highest BCUT2D eigenvalue weighted by molar-refractivity contribution is 9.10. The van der Waals surface area contributed by atoms with Crippen LogP contribution in [-0.4, -0.2) is 23.8 Å². The van der Waals surface area contributed by atoms with Gasteiger partial charge in [-0.05, 0) is 37.0 Å². The molecule has 1 aromatic carbocycles. The van der Waals surface area contributed by atoms with Crippen LogP contribution in [0.1, 0.15) is 18.4 Å². The minimum Gasteiger partial charge on any atom is -0.386 e. The van der Waals surface area contributed by atoms with Crippen molar-refractivity contribution in [3.63, 3.8) is 0 Å². The summed E-state index contributed by atoms with van der Waals surface area (Å²) >= 11 is 3.07. The number of anilines is 1. The van der Waals surface area contributed by atoms with Gasteiger partial charge in [0.15, 0.2) is 0 Å². The summed E-state index contributed by atoms with van der Waals surface area (Å²) in [6.45, 7) is 0.588. The van der Waals surface area contributed by atoms with Gasteiger partial charge in [-0.1, -0.05) is 15.9 Å². The number of hydrogen-bond acceptors (Lipinski definition) is 2. The summed E-state index contributed by atoms with van der Waals surface area (Å²) in [5.74, 6) is 0.272. The fourth-order valence-electron chi connectivity index (χ4n) is 2.67. The van der Waals surface area contributed by atoms with Crippen molar-refractivity contribution in [1.82, 2.24) is 0 Å².